The lowest BCUT2D eigenvalue weighted by molar-refractivity contribution is 0.410. The summed E-state index contributed by atoms with van der Waals surface area (Å²) in [4.78, 5) is 0. The van der Waals surface area contributed by atoms with Gasteiger partial charge < -0.3 is 10.1 Å². The Morgan fingerprint density at radius 1 is 1.50 bits per heavy atom. The Balaban J connectivity index is 2.48. The van der Waals surface area contributed by atoms with Crippen molar-refractivity contribution < 1.29 is 4.74 Å². The summed E-state index contributed by atoms with van der Waals surface area (Å²) in [6.45, 7) is 3.25. The lowest BCUT2D eigenvalue weighted by Gasteiger charge is -2.24. The molecule has 1 aliphatic heterocycles. The van der Waals surface area contributed by atoms with Crippen LogP contribution < -0.4 is 10.1 Å². The van der Waals surface area contributed by atoms with Gasteiger partial charge in [0.25, 0.3) is 0 Å². The highest BCUT2D eigenvalue weighted by atomic mass is 79.9. The zero-order valence-corrected chi connectivity index (χ0v) is 10.0. The number of nitrogens with one attached hydrogen (secondary N) is 1. The molecule has 1 aromatic rings. The molecule has 1 atom stereocenters. The Bertz CT molecular complexity index is 351. The van der Waals surface area contributed by atoms with Crippen molar-refractivity contribution in [3.63, 3.8) is 0 Å². The molecule has 0 radical (unpaired) electrons. The van der Waals surface area contributed by atoms with Crippen LogP contribution in [0.4, 0.5) is 0 Å². The fourth-order valence-electron chi connectivity index (χ4n) is 1.92. The van der Waals surface area contributed by atoms with Gasteiger partial charge in [0.15, 0.2) is 0 Å². The van der Waals surface area contributed by atoms with Gasteiger partial charge in [0.1, 0.15) is 5.75 Å². The Hall–Kier alpha value is -0.540. The van der Waals surface area contributed by atoms with E-state index in [0.29, 0.717) is 6.04 Å². The number of methoxy groups -OCH3 is 1. The first-order valence-corrected chi connectivity index (χ1v) is 5.61. The van der Waals surface area contributed by atoms with Crippen LogP contribution in [0.1, 0.15) is 24.1 Å². The van der Waals surface area contributed by atoms with E-state index in [2.05, 4.69) is 40.3 Å². The molecule has 0 amide bonds. The summed E-state index contributed by atoms with van der Waals surface area (Å²) in [5.41, 5.74) is 2.78. The van der Waals surface area contributed by atoms with Gasteiger partial charge in [0, 0.05) is 6.04 Å². The Kier molecular flexibility index (Phi) is 2.79. The van der Waals surface area contributed by atoms with Gasteiger partial charge in [-0.2, -0.15) is 0 Å². The van der Waals surface area contributed by atoms with E-state index < -0.39 is 0 Å². The van der Waals surface area contributed by atoms with Crippen molar-refractivity contribution in [1.29, 1.82) is 0 Å². The molecule has 0 aromatic heterocycles. The molecule has 1 N–H and O–H groups in total. The van der Waals surface area contributed by atoms with Crippen molar-refractivity contribution in [2.75, 3.05) is 13.7 Å². The molecule has 14 heavy (non-hydrogen) atoms. The maximum Gasteiger partial charge on any atom is 0.133 e. The number of rotatable bonds is 1. The molecule has 0 spiro atoms. The van der Waals surface area contributed by atoms with Crippen LogP contribution in [0.15, 0.2) is 16.6 Å². The third kappa shape index (κ3) is 1.66. The van der Waals surface area contributed by atoms with Gasteiger partial charge in [-0.15, -0.1) is 0 Å². The number of hydrogen-bond donors (Lipinski definition) is 1. The van der Waals surface area contributed by atoms with Crippen LogP contribution in [-0.4, -0.2) is 13.7 Å². The summed E-state index contributed by atoms with van der Waals surface area (Å²) >= 11 is 3.51. The minimum absolute atomic E-state index is 0.445. The molecule has 1 heterocycles. The summed E-state index contributed by atoms with van der Waals surface area (Å²) in [5.74, 6) is 0.929. The van der Waals surface area contributed by atoms with Gasteiger partial charge in [-0.05, 0) is 59.1 Å². The quantitative estimate of drug-likeness (QED) is 0.834. The average Bonchev–Trinajstić information content (AvgIpc) is 2.19. The molecule has 1 unspecified atom stereocenters. The summed E-state index contributed by atoms with van der Waals surface area (Å²) in [6.07, 6.45) is 1.09. The summed E-state index contributed by atoms with van der Waals surface area (Å²) < 4.78 is 6.32. The Morgan fingerprint density at radius 3 is 3.00 bits per heavy atom. The lowest BCUT2D eigenvalue weighted by atomic mass is 9.95. The van der Waals surface area contributed by atoms with Gasteiger partial charge in [0.05, 0.1) is 11.6 Å². The Morgan fingerprint density at radius 2 is 2.29 bits per heavy atom. The number of benzene rings is 1. The predicted octanol–water partition coefficient (Wildman–Crippen LogP) is 2.66. The largest absolute Gasteiger partial charge is 0.496 e. The smallest absolute Gasteiger partial charge is 0.133 e. The second-order valence-corrected chi connectivity index (χ2v) is 4.47. The molecule has 1 aromatic carbocycles. The van der Waals surface area contributed by atoms with E-state index in [-0.39, 0.29) is 0 Å². The molecular weight excluding hydrogens is 242 g/mol. The summed E-state index contributed by atoms with van der Waals surface area (Å²) in [5, 5.41) is 3.44. The number of hydrogen-bond acceptors (Lipinski definition) is 2. The maximum atomic E-state index is 5.28. The second kappa shape index (κ2) is 3.91. The van der Waals surface area contributed by atoms with Crippen LogP contribution >= 0.6 is 15.9 Å². The van der Waals surface area contributed by atoms with Crippen molar-refractivity contribution in [2.45, 2.75) is 19.4 Å². The molecule has 2 rings (SSSR count). The predicted molar refractivity (Wildman–Crippen MR) is 60.8 cm³/mol. The van der Waals surface area contributed by atoms with E-state index in [0.717, 1.165) is 23.2 Å². The number of ether oxygens (including phenoxy) is 1. The van der Waals surface area contributed by atoms with Gasteiger partial charge in [-0.25, -0.2) is 0 Å². The van der Waals surface area contributed by atoms with Gasteiger partial charge in [-0.3, -0.25) is 0 Å². The van der Waals surface area contributed by atoms with E-state index in [4.69, 9.17) is 4.74 Å². The molecule has 3 heteroatoms. The fraction of sp³-hybridized carbons (Fsp3) is 0.455. The average molecular weight is 256 g/mol. The van der Waals surface area contributed by atoms with E-state index in [1.165, 1.54) is 11.1 Å². The van der Waals surface area contributed by atoms with E-state index in [1.54, 1.807) is 7.11 Å². The van der Waals surface area contributed by atoms with Crippen molar-refractivity contribution >= 4 is 15.9 Å². The van der Waals surface area contributed by atoms with Crippen molar-refractivity contribution in [1.82, 2.24) is 5.32 Å². The minimum atomic E-state index is 0.445. The summed E-state index contributed by atoms with van der Waals surface area (Å²) in [7, 11) is 1.71. The number of fused-ring (bicyclic) bond motifs is 1. The first kappa shape index (κ1) is 9.99. The van der Waals surface area contributed by atoms with Crippen molar-refractivity contribution in [3.8, 4) is 5.75 Å². The van der Waals surface area contributed by atoms with Crippen LogP contribution in [-0.2, 0) is 6.42 Å². The molecular formula is C11H14BrNO. The van der Waals surface area contributed by atoms with Crippen LogP contribution in [0.3, 0.4) is 0 Å². The van der Waals surface area contributed by atoms with E-state index in [9.17, 15) is 0 Å². The number of halogens is 1. The van der Waals surface area contributed by atoms with Crippen molar-refractivity contribution in [3.05, 3.63) is 27.7 Å². The Labute approximate surface area is 92.8 Å². The van der Waals surface area contributed by atoms with Gasteiger partial charge >= 0.3 is 0 Å². The molecule has 0 bridgehead atoms. The van der Waals surface area contributed by atoms with Crippen LogP contribution in [0.5, 0.6) is 5.75 Å². The standard InChI is InChI=1S/C11H14BrNO/c1-7-9-6-10(12)11(14-2)5-8(9)3-4-13-7/h5-7,13H,3-4H2,1-2H3. The molecule has 0 saturated carbocycles. The minimum Gasteiger partial charge on any atom is -0.496 e. The molecule has 2 nitrogen and oxygen atoms in total. The highest BCUT2D eigenvalue weighted by Gasteiger charge is 2.17. The SMILES string of the molecule is COc1cc2c(cc1Br)C(C)NCC2. The maximum absolute atomic E-state index is 5.28. The van der Waals surface area contributed by atoms with Gasteiger partial charge in [-0.1, -0.05) is 0 Å². The topological polar surface area (TPSA) is 21.3 Å². The van der Waals surface area contributed by atoms with E-state index >= 15 is 0 Å². The monoisotopic (exact) mass is 255 g/mol. The molecule has 0 saturated heterocycles. The molecule has 0 fully saturated rings. The lowest BCUT2D eigenvalue weighted by Crippen LogP contribution is -2.27. The van der Waals surface area contributed by atoms with Crippen LogP contribution in [0.2, 0.25) is 0 Å². The molecule has 0 aliphatic carbocycles. The molecule has 1 aliphatic rings. The first-order valence-electron chi connectivity index (χ1n) is 4.82. The highest BCUT2D eigenvalue weighted by Crippen LogP contribution is 2.33. The first-order chi connectivity index (χ1) is 6.72. The van der Waals surface area contributed by atoms with Crippen molar-refractivity contribution in [2.24, 2.45) is 0 Å². The summed E-state index contributed by atoms with van der Waals surface area (Å²) in [6, 6.07) is 4.74. The van der Waals surface area contributed by atoms with E-state index in [1.807, 2.05) is 0 Å². The zero-order chi connectivity index (χ0) is 10.1. The van der Waals surface area contributed by atoms with Crippen LogP contribution in [0, 0.1) is 0 Å². The fourth-order valence-corrected chi connectivity index (χ4v) is 2.44. The normalized spacial score (nSPS) is 20.4. The highest BCUT2D eigenvalue weighted by molar-refractivity contribution is 9.10. The third-order valence-corrected chi connectivity index (χ3v) is 3.34. The third-order valence-electron chi connectivity index (χ3n) is 2.73. The molecule has 76 valence electrons. The van der Waals surface area contributed by atoms with Crippen LogP contribution in [0.25, 0.3) is 0 Å². The zero-order valence-electron chi connectivity index (χ0n) is 8.43. The van der Waals surface area contributed by atoms with Gasteiger partial charge in [0.2, 0.25) is 0 Å². The second-order valence-electron chi connectivity index (χ2n) is 3.61.